The molecule has 0 bridgehead atoms. The molecule has 1 aromatic rings. The van der Waals surface area contributed by atoms with E-state index in [9.17, 15) is 9.18 Å². The minimum absolute atomic E-state index is 0. The lowest BCUT2D eigenvalue weighted by molar-refractivity contribution is -0.129. The molecule has 5 heteroatoms. The summed E-state index contributed by atoms with van der Waals surface area (Å²) >= 11 is 0. The highest BCUT2D eigenvalue weighted by Gasteiger charge is 2.45. The Kier molecular flexibility index (Phi) is 5.96. The first-order valence-electron chi connectivity index (χ1n) is 6.84. The zero-order chi connectivity index (χ0) is 13.9. The molecule has 20 heavy (non-hydrogen) atoms. The van der Waals surface area contributed by atoms with Gasteiger partial charge in [-0.2, -0.15) is 0 Å². The maximum Gasteiger partial charge on any atom is 0.230 e. The molecular formula is C15H22ClFN2O. The molecule has 0 radical (unpaired) electrons. The Balaban J connectivity index is 0.00000200. The third kappa shape index (κ3) is 3.49. The predicted octanol–water partition coefficient (Wildman–Crippen LogP) is 2.52. The van der Waals surface area contributed by atoms with Gasteiger partial charge in [0.1, 0.15) is 5.82 Å². The molecule has 1 aliphatic carbocycles. The van der Waals surface area contributed by atoms with Crippen molar-refractivity contribution in [2.45, 2.75) is 44.1 Å². The highest BCUT2D eigenvalue weighted by Crippen LogP contribution is 2.44. The molecule has 0 heterocycles. The van der Waals surface area contributed by atoms with Crippen molar-refractivity contribution in [2.75, 3.05) is 6.54 Å². The Labute approximate surface area is 125 Å². The summed E-state index contributed by atoms with van der Waals surface area (Å²) in [6.07, 6.45) is 3.35. The number of halogens is 2. The zero-order valence-corrected chi connectivity index (χ0v) is 12.5. The van der Waals surface area contributed by atoms with Crippen molar-refractivity contribution < 1.29 is 9.18 Å². The van der Waals surface area contributed by atoms with Gasteiger partial charge in [-0.05, 0) is 43.9 Å². The van der Waals surface area contributed by atoms with Gasteiger partial charge in [-0.25, -0.2) is 4.39 Å². The van der Waals surface area contributed by atoms with Crippen LogP contribution in [0.4, 0.5) is 4.39 Å². The fourth-order valence-corrected chi connectivity index (χ4v) is 2.55. The van der Waals surface area contributed by atoms with Gasteiger partial charge < -0.3 is 11.1 Å². The first kappa shape index (κ1) is 16.9. The number of nitrogens with one attached hydrogen (secondary N) is 1. The number of hydrogen-bond donors (Lipinski definition) is 2. The van der Waals surface area contributed by atoms with Gasteiger partial charge in [0.15, 0.2) is 0 Å². The lowest BCUT2D eigenvalue weighted by atomic mass is 9.64. The monoisotopic (exact) mass is 300 g/mol. The van der Waals surface area contributed by atoms with E-state index in [0.29, 0.717) is 6.54 Å². The Hall–Kier alpha value is -1.13. The van der Waals surface area contributed by atoms with Crippen molar-refractivity contribution in [1.29, 1.82) is 0 Å². The molecule has 1 fully saturated rings. The largest absolute Gasteiger partial charge is 0.355 e. The molecule has 1 unspecified atom stereocenters. The van der Waals surface area contributed by atoms with Gasteiger partial charge in [0.05, 0.1) is 5.41 Å². The van der Waals surface area contributed by atoms with E-state index < -0.39 is 5.41 Å². The number of carbonyl (C=O) groups excluding carboxylic acids is 1. The maximum atomic E-state index is 13.3. The summed E-state index contributed by atoms with van der Waals surface area (Å²) in [5, 5.41) is 2.93. The molecule has 3 nitrogen and oxygen atoms in total. The molecule has 0 saturated heterocycles. The van der Waals surface area contributed by atoms with E-state index in [1.54, 1.807) is 6.07 Å². The molecule has 1 aromatic carbocycles. The van der Waals surface area contributed by atoms with Gasteiger partial charge in [0.25, 0.3) is 0 Å². The highest BCUT2D eigenvalue weighted by atomic mass is 35.5. The Morgan fingerprint density at radius 1 is 1.50 bits per heavy atom. The van der Waals surface area contributed by atoms with Gasteiger partial charge in [-0.3, -0.25) is 4.79 Å². The number of amides is 1. The molecule has 1 saturated carbocycles. The minimum Gasteiger partial charge on any atom is -0.355 e. The first-order valence-corrected chi connectivity index (χ1v) is 6.84. The van der Waals surface area contributed by atoms with E-state index in [0.717, 1.165) is 31.2 Å². The number of nitrogens with two attached hydrogens (primary N) is 1. The van der Waals surface area contributed by atoms with E-state index in [4.69, 9.17) is 5.73 Å². The van der Waals surface area contributed by atoms with Crippen LogP contribution in [0, 0.1) is 5.82 Å². The molecule has 0 aliphatic heterocycles. The van der Waals surface area contributed by atoms with Crippen LogP contribution >= 0.6 is 12.4 Å². The lowest BCUT2D eigenvalue weighted by Crippen LogP contribution is -2.49. The van der Waals surface area contributed by atoms with Gasteiger partial charge in [-0.1, -0.05) is 18.6 Å². The van der Waals surface area contributed by atoms with Crippen LogP contribution < -0.4 is 11.1 Å². The van der Waals surface area contributed by atoms with Crippen molar-refractivity contribution in [2.24, 2.45) is 5.73 Å². The van der Waals surface area contributed by atoms with E-state index in [-0.39, 0.29) is 30.2 Å². The minimum atomic E-state index is -0.528. The van der Waals surface area contributed by atoms with Gasteiger partial charge >= 0.3 is 0 Å². The van der Waals surface area contributed by atoms with Gasteiger partial charge in [0, 0.05) is 12.6 Å². The highest BCUT2D eigenvalue weighted by molar-refractivity contribution is 5.89. The standard InChI is InChI=1S/C15H21FN2O.ClH/c1-11(17)6-9-18-14(19)15(7-3-8-15)12-4-2-5-13(16)10-12;/h2,4-5,10-11H,3,6-9,17H2,1H3,(H,18,19);1H. The molecular weight excluding hydrogens is 279 g/mol. The van der Waals surface area contributed by atoms with Crippen LogP contribution in [-0.2, 0) is 10.2 Å². The van der Waals surface area contributed by atoms with Crippen molar-refractivity contribution in [3.63, 3.8) is 0 Å². The number of rotatable bonds is 5. The van der Waals surface area contributed by atoms with Crippen molar-refractivity contribution >= 4 is 18.3 Å². The summed E-state index contributed by atoms with van der Waals surface area (Å²) < 4.78 is 13.3. The van der Waals surface area contributed by atoms with Crippen molar-refractivity contribution in [3.8, 4) is 0 Å². The normalized spacial score (nSPS) is 17.6. The smallest absolute Gasteiger partial charge is 0.230 e. The van der Waals surface area contributed by atoms with E-state index in [1.807, 2.05) is 13.0 Å². The molecule has 3 N–H and O–H groups in total. The summed E-state index contributed by atoms with van der Waals surface area (Å²) in [5.41, 5.74) is 5.93. The van der Waals surface area contributed by atoms with Gasteiger partial charge in [-0.15, -0.1) is 12.4 Å². The van der Waals surface area contributed by atoms with Crippen LogP contribution in [0.2, 0.25) is 0 Å². The van der Waals surface area contributed by atoms with E-state index in [2.05, 4.69) is 5.32 Å². The molecule has 0 spiro atoms. The van der Waals surface area contributed by atoms with Crippen molar-refractivity contribution in [3.05, 3.63) is 35.6 Å². The van der Waals surface area contributed by atoms with Crippen LogP contribution in [0.15, 0.2) is 24.3 Å². The third-order valence-electron chi connectivity index (χ3n) is 3.90. The number of hydrogen-bond acceptors (Lipinski definition) is 2. The Bertz CT molecular complexity index is 461. The van der Waals surface area contributed by atoms with E-state index >= 15 is 0 Å². The molecule has 1 aliphatic rings. The fourth-order valence-electron chi connectivity index (χ4n) is 2.55. The van der Waals surface area contributed by atoms with E-state index in [1.165, 1.54) is 12.1 Å². The van der Waals surface area contributed by atoms with Crippen LogP contribution in [0.3, 0.4) is 0 Å². The first-order chi connectivity index (χ1) is 9.04. The third-order valence-corrected chi connectivity index (χ3v) is 3.90. The number of benzene rings is 1. The summed E-state index contributed by atoms with van der Waals surface area (Å²) in [4.78, 5) is 12.4. The quantitative estimate of drug-likeness (QED) is 0.878. The second-order valence-corrected chi connectivity index (χ2v) is 5.47. The second-order valence-electron chi connectivity index (χ2n) is 5.47. The summed E-state index contributed by atoms with van der Waals surface area (Å²) in [7, 11) is 0. The number of carbonyl (C=O) groups is 1. The SMILES string of the molecule is CC(N)CCNC(=O)C1(c2cccc(F)c2)CCC1.Cl. The summed E-state index contributed by atoms with van der Waals surface area (Å²) in [6.45, 7) is 2.49. The molecule has 2 rings (SSSR count). The topological polar surface area (TPSA) is 55.1 Å². The van der Waals surface area contributed by atoms with Crippen LogP contribution in [-0.4, -0.2) is 18.5 Å². The molecule has 112 valence electrons. The Morgan fingerprint density at radius 2 is 2.20 bits per heavy atom. The van der Waals surface area contributed by atoms with Crippen LogP contribution in [0.1, 0.15) is 38.2 Å². The summed E-state index contributed by atoms with van der Waals surface area (Å²) in [6, 6.07) is 6.47. The zero-order valence-electron chi connectivity index (χ0n) is 11.7. The maximum absolute atomic E-state index is 13.3. The average Bonchev–Trinajstić information content (AvgIpc) is 2.27. The molecule has 1 atom stereocenters. The Morgan fingerprint density at radius 3 is 2.70 bits per heavy atom. The van der Waals surface area contributed by atoms with Crippen LogP contribution in [0.5, 0.6) is 0 Å². The predicted molar refractivity (Wildman–Crippen MR) is 80.5 cm³/mol. The van der Waals surface area contributed by atoms with Gasteiger partial charge in [0.2, 0.25) is 5.91 Å². The average molecular weight is 301 g/mol. The second kappa shape index (κ2) is 7.04. The fraction of sp³-hybridized carbons (Fsp3) is 0.533. The molecule has 1 amide bonds. The van der Waals surface area contributed by atoms with Crippen LogP contribution in [0.25, 0.3) is 0 Å². The molecule has 0 aromatic heterocycles. The van der Waals surface area contributed by atoms with Crippen molar-refractivity contribution in [1.82, 2.24) is 5.32 Å². The summed E-state index contributed by atoms with van der Waals surface area (Å²) in [5.74, 6) is -0.280. The lowest BCUT2D eigenvalue weighted by Gasteiger charge is -2.40.